The molecule has 0 unspecified atom stereocenters. The first kappa shape index (κ1) is 19.9. The SMILES string of the molecule is CC(=O)O.CCCCCC.CCCCO. The summed E-state index contributed by atoms with van der Waals surface area (Å²) >= 11 is 0. The second-order valence-electron chi connectivity index (χ2n) is 3.30. The van der Waals surface area contributed by atoms with E-state index in [1.165, 1.54) is 25.7 Å². The topological polar surface area (TPSA) is 57.5 Å². The Morgan fingerprint density at radius 3 is 1.27 bits per heavy atom. The van der Waals surface area contributed by atoms with Gasteiger partial charge in [-0.3, -0.25) is 4.79 Å². The largest absolute Gasteiger partial charge is 0.481 e. The summed E-state index contributed by atoms with van der Waals surface area (Å²) in [5.74, 6) is -0.833. The van der Waals surface area contributed by atoms with Crippen LogP contribution in [-0.4, -0.2) is 22.8 Å². The first-order chi connectivity index (χ1) is 7.06. The van der Waals surface area contributed by atoms with Crippen molar-refractivity contribution in [3.63, 3.8) is 0 Å². The van der Waals surface area contributed by atoms with Gasteiger partial charge in [0.15, 0.2) is 0 Å². The van der Waals surface area contributed by atoms with Gasteiger partial charge in [0.2, 0.25) is 0 Å². The average molecular weight is 220 g/mol. The van der Waals surface area contributed by atoms with Gasteiger partial charge in [0, 0.05) is 13.5 Å². The molecule has 15 heavy (non-hydrogen) atoms. The number of unbranched alkanes of at least 4 members (excludes halogenated alkanes) is 4. The highest BCUT2D eigenvalue weighted by molar-refractivity contribution is 5.62. The van der Waals surface area contributed by atoms with E-state index in [0.29, 0.717) is 6.61 Å². The molecule has 0 aromatic carbocycles. The van der Waals surface area contributed by atoms with Crippen LogP contribution < -0.4 is 0 Å². The van der Waals surface area contributed by atoms with Crippen LogP contribution in [0.3, 0.4) is 0 Å². The number of hydrogen-bond donors (Lipinski definition) is 2. The highest BCUT2D eigenvalue weighted by Gasteiger charge is 1.75. The van der Waals surface area contributed by atoms with Gasteiger partial charge >= 0.3 is 0 Å². The average Bonchev–Trinajstić information content (AvgIpc) is 2.16. The molecule has 0 bridgehead atoms. The summed E-state index contributed by atoms with van der Waals surface area (Å²) in [6, 6.07) is 0. The van der Waals surface area contributed by atoms with Crippen LogP contribution >= 0.6 is 0 Å². The van der Waals surface area contributed by atoms with E-state index >= 15 is 0 Å². The normalized spacial score (nSPS) is 8.07. The fourth-order valence-electron chi connectivity index (χ4n) is 0.658. The van der Waals surface area contributed by atoms with E-state index in [1.54, 1.807) is 0 Å². The molecule has 0 aliphatic carbocycles. The molecular weight excluding hydrogens is 192 g/mol. The second kappa shape index (κ2) is 23.3. The maximum Gasteiger partial charge on any atom is 0.300 e. The molecule has 0 aliphatic heterocycles. The Labute approximate surface area is 94.5 Å². The van der Waals surface area contributed by atoms with Crippen LogP contribution in [0.4, 0.5) is 0 Å². The Kier molecular flexibility index (Phi) is 31.0. The maximum atomic E-state index is 9.00. The molecule has 0 heterocycles. The Bertz CT molecular complexity index is 93.0. The van der Waals surface area contributed by atoms with Crippen LogP contribution in [0.1, 0.15) is 66.2 Å². The van der Waals surface area contributed by atoms with Gasteiger partial charge in [0.25, 0.3) is 5.97 Å². The van der Waals surface area contributed by atoms with Crippen molar-refractivity contribution in [1.82, 2.24) is 0 Å². The minimum absolute atomic E-state index is 0.344. The third kappa shape index (κ3) is 89.4. The molecule has 0 aromatic rings. The molecule has 0 saturated heterocycles. The van der Waals surface area contributed by atoms with E-state index in [9.17, 15) is 0 Å². The number of hydrogen-bond acceptors (Lipinski definition) is 2. The molecule has 0 aliphatic rings. The second-order valence-corrected chi connectivity index (χ2v) is 3.30. The number of rotatable bonds is 5. The molecule has 0 fully saturated rings. The Morgan fingerprint density at radius 1 is 0.933 bits per heavy atom. The number of carboxylic acid groups (broad SMARTS) is 1. The van der Waals surface area contributed by atoms with E-state index in [-0.39, 0.29) is 0 Å². The van der Waals surface area contributed by atoms with Gasteiger partial charge in [-0.05, 0) is 6.42 Å². The molecule has 0 radical (unpaired) electrons. The first-order valence-corrected chi connectivity index (χ1v) is 5.87. The zero-order valence-electron chi connectivity index (χ0n) is 10.8. The van der Waals surface area contributed by atoms with Crippen LogP contribution in [0.15, 0.2) is 0 Å². The predicted molar refractivity (Wildman–Crippen MR) is 65.1 cm³/mol. The van der Waals surface area contributed by atoms with Crippen molar-refractivity contribution in [1.29, 1.82) is 0 Å². The van der Waals surface area contributed by atoms with Crippen molar-refractivity contribution in [3.8, 4) is 0 Å². The van der Waals surface area contributed by atoms with E-state index in [0.717, 1.165) is 19.8 Å². The minimum Gasteiger partial charge on any atom is -0.481 e. The number of aliphatic hydroxyl groups is 1. The van der Waals surface area contributed by atoms with Gasteiger partial charge in [-0.25, -0.2) is 0 Å². The summed E-state index contributed by atoms with van der Waals surface area (Å²) in [5, 5.41) is 15.5. The summed E-state index contributed by atoms with van der Waals surface area (Å²) in [7, 11) is 0. The van der Waals surface area contributed by atoms with Crippen LogP contribution in [0.5, 0.6) is 0 Å². The monoisotopic (exact) mass is 220 g/mol. The van der Waals surface area contributed by atoms with Gasteiger partial charge in [-0.1, -0.05) is 52.9 Å². The van der Waals surface area contributed by atoms with Gasteiger partial charge < -0.3 is 10.2 Å². The lowest BCUT2D eigenvalue weighted by atomic mass is 10.2. The Morgan fingerprint density at radius 2 is 1.20 bits per heavy atom. The van der Waals surface area contributed by atoms with E-state index in [4.69, 9.17) is 15.0 Å². The number of carbonyl (C=O) groups is 1. The standard InChI is InChI=1S/C6H14.C4H10O.C2H4O2/c1-3-5-6-4-2;1-2-3-4-5;1-2(3)4/h3-6H2,1-2H3;5H,2-4H2,1H3;1H3,(H,3,4). The number of aliphatic hydroxyl groups excluding tert-OH is 1. The lowest BCUT2D eigenvalue weighted by molar-refractivity contribution is -0.134. The molecular formula is C12H28O3. The molecule has 94 valence electrons. The van der Waals surface area contributed by atoms with Gasteiger partial charge in [-0.15, -0.1) is 0 Å². The molecule has 0 atom stereocenters. The summed E-state index contributed by atoms with van der Waals surface area (Å²) in [6.45, 7) is 7.94. The number of aliphatic carboxylic acids is 1. The Balaban J connectivity index is -0.000000147. The third-order valence-electron chi connectivity index (χ3n) is 1.47. The molecule has 3 nitrogen and oxygen atoms in total. The molecule has 3 heteroatoms. The molecule has 0 saturated carbocycles. The molecule has 0 amide bonds. The zero-order valence-corrected chi connectivity index (χ0v) is 10.8. The molecule has 0 aromatic heterocycles. The first-order valence-electron chi connectivity index (χ1n) is 5.87. The van der Waals surface area contributed by atoms with Crippen molar-refractivity contribution < 1.29 is 15.0 Å². The highest BCUT2D eigenvalue weighted by atomic mass is 16.4. The summed E-state index contributed by atoms with van der Waals surface area (Å²) in [5.41, 5.74) is 0. The van der Waals surface area contributed by atoms with Crippen molar-refractivity contribution in [2.24, 2.45) is 0 Å². The molecule has 2 N–H and O–H groups in total. The van der Waals surface area contributed by atoms with Crippen LogP contribution in [-0.2, 0) is 4.79 Å². The summed E-state index contributed by atoms with van der Waals surface area (Å²) in [4.78, 5) is 9.00. The van der Waals surface area contributed by atoms with Crippen molar-refractivity contribution in [2.75, 3.05) is 6.61 Å². The van der Waals surface area contributed by atoms with Crippen molar-refractivity contribution in [2.45, 2.75) is 66.2 Å². The lowest BCUT2D eigenvalue weighted by Gasteiger charge is -1.86. The number of carboxylic acids is 1. The third-order valence-corrected chi connectivity index (χ3v) is 1.47. The van der Waals surface area contributed by atoms with Crippen molar-refractivity contribution in [3.05, 3.63) is 0 Å². The fraction of sp³-hybridized carbons (Fsp3) is 0.917. The van der Waals surface area contributed by atoms with Gasteiger partial charge in [-0.2, -0.15) is 0 Å². The van der Waals surface area contributed by atoms with E-state index < -0.39 is 5.97 Å². The van der Waals surface area contributed by atoms with E-state index in [2.05, 4.69) is 20.8 Å². The highest BCUT2D eigenvalue weighted by Crippen LogP contribution is 1.95. The molecule has 0 rings (SSSR count). The quantitative estimate of drug-likeness (QED) is 0.698. The van der Waals surface area contributed by atoms with Crippen LogP contribution in [0.2, 0.25) is 0 Å². The Hall–Kier alpha value is -0.570. The van der Waals surface area contributed by atoms with Crippen molar-refractivity contribution >= 4 is 5.97 Å². The lowest BCUT2D eigenvalue weighted by Crippen LogP contribution is -1.78. The zero-order chi connectivity index (χ0) is 12.5. The minimum atomic E-state index is -0.833. The fourth-order valence-corrected chi connectivity index (χ4v) is 0.658. The van der Waals surface area contributed by atoms with E-state index in [1.807, 2.05) is 0 Å². The molecule has 0 spiro atoms. The summed E-state index contributed by atoms with van der Waals surface area (Å²) in [6.07, 6.45) is 7.57. The van der Waals surface area contributed by atoms with Gasteiger partial charge in [0.05, 0.1) is 0 Å². The van der Waals surface area contributed by atoms with Gasteiger partial charge in [0.1, 0.15) is 0 Å². The maximum absolute atomic E-state index is 9.00. The predicted octanol–water partition coefficient (Wildman–Crippen LogP) is 3.46. The van der Waals surface area contributed by atoms with Crippen LogP contribution in [0.25, 0.3) is 0 Å². The summed E-state index contributed by atoms with van der Waals surface area (Å²) < 4.78 is 0. The smallest absolute Gasteiger partial charge is 0.300 e. The van der Waals surface area contributed by atoms with Crippen LogP contribution in [0, 0.1) is 0 Å².